The first kappa shape index (κ1) is 15.2. The van der Waals surface area contributed by atoms with Crippen molar-refractivity contribution in [2.24, 2.45) is 0 Å². The highest BCUT2D eigenvalue weighted by Crippen LogP contribution is 2.34. The Morgan fingerprint density at radius 2 is 2.08 bits per heavy atom. The molecule has 0 saturated heterocycles. The Morgan fingerprint density at radius 1 is 1.24 bits per heavy atom. The van der Waals surface area contributed by atoms with E-state index < -0.39 is 0 Å². The maximum absolute atomic E-state index is 12.4. The molecule has 0 amide bonds. The van der Waals surface area contributed by atoms with Gasteiger partial charge in [-0.1, -0.05) is 12.1 Å². The van der Waals surface area contributed by atoms with Crippen LogP contribution >= 0.6 is 0 Å². The van der Waals surface area contributed by atoms with Gasteiger partial charge in [0.2, 0.25) is 0 Å². The minimum atomic E-state index is -0.264. The number of anilines is 1. The minimum absolute atomic E-state index is 0.120. The number of nitrogen functional groups attached to an aromatic ring is 1. The van der Waals surface area contributed by atoms with E-state index in [9.17, 15) is 9.90 Å². The van der Waals surface area contributed by atoms with Crippen LogP contribution in [0.15, 0.2) is 51.9 Å². The number of fused-ring (bicyclic) bond motifs is 1. The zero-order valence-corrected chi connectivity index (χ0v) is 13.1. The first-order chi connectivity index (χ1) is 12.2. The van der Waals surface area contributed by atoms with E-state index in [1.54, 1.807) is 30.3 Å². The largest absolute Gasteiger partial charge is 0.463 e. The number of H-pyrrole nitrogens is 1. The van der Waals surface area contributed by atoms with Crippen molar-refractivity contribution < 1.29 is 9.52 Å². The van der Waals surface area contributed by atoms with Gasteiger partial charge in [0.25, 0.3) is 5.56 Å². The molecule has 4 rings (SSSR count). The van der Waals surface area contributed by atoms with E-state index in [2.05, 4.69) is 15.1 Å². The van der Waals surface area contributed by atoms with Gasteiger partial charge in [-0.25, -0.2) is 9.67 Å². The SMILES string of the molecule is Nc1c(-c2nc3ccccc3c(=O)[nH]2)c(-c2ccco2)nn1CCO. The molecule has 0 unspecified atom stereocenters. The molecule has 0 atom stereocenters. The molecule has 126 valence electrons. The number of hydrogen-bond acceptors (Lipinski definition) is 6. The van der Waals surface area contributed by atoms with Crippen LogP contribution in [-0.4, -0.2) is 31.5 Å². The highest BCUT2D eigenvalue weighted by atomic mass is 16.3. The van der Waals surface area contributed by atoms with Gasteiger partial charge in [-0.15, -0.1) is 0 Å². The summed E-state index contributed by atoms with van der Waals surface area (Å²) in [5.74, 6) is 1.09. The normalized spacial score (nSPS) is 11.2. The van der Waals surface area contributed by atoms with Gasteiger partial charge in [-0.3, -0.25) is 4.79 Å². The highest BCUT2D eigenvalue weighted by Gasteiger charge is 2.22. The second kappa shape index (κ2) is 5.91. The first-order valence-electron chi connectivity index (χ1n) is 7.69. The Kier molecular flexibility index (Phi) is 3.58. The molecule has 3 heterocycles. The molecule has 0 radical (unpaired) electrons. The number of nitrogens with one attached hydrogen (secondary N) is 1. The topological polar surface area (TPSA) is 123 Å². The third kappa shape index (κ3) is 2.48. The van der Waals surface area contributed by atoms with Gasteiger partial charge in [0.1, 0.15) is 17.3 Å². The van der Waals surface area contributed by atoms with Crippen molar-refractivity contribution >= 4 is 16.7 Å². The number of aromatic nitrogens is 4. The fraction of sp³-hybridized carbons (Fsp3) is 0.118. The molecule has 4 aromatic rings. The fourth-order valence-electron chi connectivity index (χ4n) is 2.76. The smallest absolute Gasteiger partial charge is 0.259 e. The van der Waals surface area contributed by atoms with Crippen molar-refractivity contribution in [3.63, 3.8) is 0 Å². The molecule has 0 saturated carbocycles. The Morgan fingerprint density at radius 3 is 2.84 bits per heavy atom. The Labute approximate surface area is 141 Å². The van der Waals surface area contributed by atoms with Crippen LogP contribution in [0.3, 0.4) is 0 Å². The lowest BCUT2D eigenvalue weighted by molar-refractivity contribution is 0.270. The summed E-state index contributed by atoms with van der Waals surface area (Å²) in [4.78, 5) is 19.7. The van der Waals surface area contributed by atoms with Crippen LogP contribution in [0, 0.1) is 0 Å². The molecule has 0 aliphatic carbocycles. The molecule has 0 spiro atoms. The molecule has 25 heavy (non-hydrogen) atoms. The summed E-state index contributed by atoms with van der Waals surface area (Å²) in [5, 5.41) is 14.1. The molecule has 1 aromatic carbocycles. The van der Waals surface area contributed by atoms with Crippen molar-refractivity contribution in [2.75, 3.05) is 12.3 Å². The molecule has 8 nitrogen and oxygen atoms in total. The van der Waals surface area contributed by atoms with Crippen molar-refractivity contribution in [3.05, 3.63) is 53.0 Å². The average molecular weight is 337 g/mol. The van der Waals surface area contributed by atoms with Crippen LogP contribution in [0.4, 0.5) is 5.82 Å². The summed E-state index contributed by atoms with van der Waals surface area (Å²) in [6.07, 6.45) is 1.52. The van der Waals surface area contributed by atoms with Crippen molar-refractivity contribution in [2.45, 2.75) is 6.54 Å². The van der Waals surface area contributed by atoms with E-state index in [0.29, 0.717) is 39.6 Å². The number of nitrogens with zero attached hydrogens (tertiary/aromatic N) is 3. The summed E-state index contributed by atoms with van der Waals surface area (Å²) in [6, 6.07) is 10.5. The van der Waals surface area contributed by atoms with Gasteiger partial charge in [0, 0.05) is 0 Å². The van der Waals surface area contributed by atoms with E-state index in [0.717, 1.165) is 0 Å². The molecule has 0 aliphatic rings. The standard InChI is InChI=1S/C17H15N5O3/c18-15-13(14(12-6-3-9-25-12)21-22(15)7-8-23)16-19-11-5-2-1-4-10(11)17(24)20-16/h1-6,9,23H,7-8,18H2,(H,19,20,24). The molecular formula is C17H15N5O3. The zero-order chi connectivity index (χ0) is 17.4. The quantitative estimate of drug-likeness (QED) is 0.520. The number of para-hydroxylation sites is 1. The predicted octanol–water partition coefficient (Wildman–Crippen LogP) is 1.62. The summed E-state index contributed by atoms with van der Waals surface area (Å²) in [5.41, 5.74) is 7.42. The van der Waals surface area contributed by atoms with E-state index in [-0.39, 0.29) is 18.7 Å². The van der Waals surface area contributed by atoms with Crippen molar-refractivity contribution in [3.8, 4) is 22.8 Å². The number of rotatable bonds is 4. The van der Waals surface area contributed by atoms with Crippen LogP contribution in [0.1, 0.15) is 0 Å². The number of nitrogens with two attached hydrogens (primary N) is 1. The van der Waals surface area contributed by atoms with Crippen LogP contribution < -0.4 is 11.3 Å². The summed E-state index contributed by atoms with van der Waals surface area (Å²) in [7, 11) is 0. The Bertz CT molecular complexity index is 1100. The summed E-state index contributed by atoms with van der Waals surface area (Å²) < 4.78 is 6.89. The number of hydrogen-bond donors (Lipinski definition) is 3. The lowest BCUT2D eigenvalue weighted by Crippen LogP contribution is -2.11. The Balaban J connectivity index is 2.00. The minimum Gasteiger partial charge on any atom is -0.463 e. The number of benzene rings is 1. The van der Waals surface area contributed by atoms with E-state index >= 15 is 0 Å². The number of aromatic amines is 1. The van der Waals surface area contributed by atoms with E-state index in [1.807, 2.05) is 6.07 Å². The molecule has 8 heteroatoms. The number of aliphatic hydroxyl groups excluding tert-OH is 1. The molecule has 0 bridgehead atoms. The second-order valence-electron chi connectivity index (χ2n) is 5.46. The van der Waals surface area contributed by atoms with Gasteiger partial charge in [0.05, 0.1) is 35.9 Å². The van der Waals surface area contributed by atoms with Gasteiger partial charge >= 0.3 is 0 Å². The average Bonchev–Trinajstić information content (AvgIpc) is 3.24. The third-order valence-electron chi connectivity index (χ3n) is 3.91. The third-order valence-corrected chi connectivity index (χ3v) is 3.91. The van der Waals surface area contributed by atoms with E-state index in [4.69, 9.17) is 10.2 Å². The number of furan rings is 1. The monoisotopic (exact) mass is 337 g/mol. The van der Waals surface area contributed by atoms with Crippen LogP contribution in [0.5, 0.6) is 0 Å². The fourth-order valence-corrected chi connectivity index (χ4v) is 2.76. The molecular weight excluding hydrogens is 322 g/mol. The molecule has 3 aromatic heterocycles. The van der Waals surface area contributed by atoms with Gasteiger partial charge in [-0.2, -0.15) is 5.10 Å². The van der Waals surface area contributed by atoms with Crippen molar-refractivity contribution in [1.29, 1.82) is 0 Å². The summed E-state index contributed by atoms with van der Waals surface area (Å²) in [6.45, 7) is 0.0991. The zero-order valence-electron chi connectivity index (χ0n) is 13.1. The van der Waals surface area contributed by atoms with Crippen LogP contribution in [0.2, 0.25) is 0 Å². The predicted molar refractivity (Wildman–Crippen MR) is 92.8 cm³/mol. The number of aliphatic hydroxyl groups is 1. The maximum atomic E-state index is 12.4. The van der Waals surface area contributed by atoms with Crippen LogP contribution in [0.25, 0.3) is 33.7 Å². The maximum Gasteiger partial charge on any atom is 0.259 e. The molecule has 4 N–H and O–H groups in total. The second-order valence-corrected chi connectivity index (χ2v) is 5.46. The van der Waals surface area contributed by atoms with Crippen molar-refractivity contribution in [1.82, 2.24) is 19.7 Å². The van der Waals surface area contributed by atoms with Gasteiger partial charge in [0.15, 0.2) is 5.76 Å². The first-order valence-corrected chi connectivity index (χ1v) is 7.69. The molecule has 0 aliphatic heterocycles. The highest BCUT2D eigenvalue weighted by molar-refractivity contribution is 5.86. The molecule has 0 fully saturated rings. The van der Waals surface area contributed by atoms with Gasteiger partial charge < -0.3 is 20.2 Å². The van der Waals surface area contributed by atoms with Gasteiger partial charge in [-0.05, 0) is 24.3 Å². The van der Waals surface area contributed by atoms with E-state index in [1.165, 1.54) is 10.9 Å². The Hall–Kier alpha value is -3.39. The lowest BCUT2D eigenvalue weighted by atomic mass is 10.1. The van der Waals surface area contributed by atoms with Crippen LogP contribution in [-0.2, 0) is 6.54 Å². The lowest BCUT2D eigenvalue weighted by Gasteiger charge is -2.05. The summed E-state index contributed by atoms with van der Waals surface area (Å²) >= 11 is 0.